The highest BCUT2D eigenvalue weighted by Crippen LogP contribution is 2.30. The fourth-order valence-electron chi connectivity index (χ4n) is 3.97. The number of carbonyl (C=O) groups is 1. The van der Waals surface area contributed by atoms with Crippen LogP contribution in [-0.4, -0.2) is 50.8 Å². The average molecular weight is 561 g/mol. The van der Waals surface area contributed by atoms with Gasteiger partial charge in [0.1, 0.15) is 5.75 Å². The molecule has 0 spiro atoms. The molecule has 1 fully saturated rings. The lowest BCUT2D eigenvalue weighted by Crippen LogP contribution is -2.39. The van der Waals surface area contributed by atoms with Crippen LogP contribution in [0.15, 0.2) is 29.3 Å². The molecule has 1 aromatic carbocycles. The van der Waals surface area contributed by atoms with Crippen molar-refractivity contribution in [2.24, 2.45) is 10.9 Å². The lowest BCUT2D eigenvalue weighted by atomic mass is 9.98. The number of nitrogens with one attached hydrogen (secondary N) is 3. The van der Waals surface area contributed by atoms with E-state index in [1.165, 1.54) is 25.7 Å². The normalized spacial score (nSPS) is 15.0. The SMILES string of the molecule is CCNC(=O)COc1cccc(CN=C(NCC)NCCC(OCC)C2CCCC2)c1.I. The van der Waals surface area contributed by atoms with Crippen molar-refractivity contribution < 1.29 is 14.3 Å². The van der Waals surface area contributed by atoms with Gasteiger partial charge in [0.15, 0.2) is 12.6 Å². The van der Waals surface area contributed by atoms with Crippen LogP contribution in [0.25, 0.3) is 0 Å². The molecule has 0 heterocycles. The molecule has 0 bridgehead atoms. The highest BCUT2D eigenvalue weighted by molar-refractivity contribution is 14.0. The van der Waals surface area contributed by atoms with Crippen LogP contribution in [0.2, 0.25) is 0 Å². The zero-order valence-electron chi connectivity index (χ0n) is 19.8. The molecule has 7 nitrogen and oxygen atoms in total. The minimum absolute atomic E-state index is 0. The summed E-state index contributed by atoms with van der Waals surface area (Å²) in [5.41, 5.74) is 1.03. The lowest BCUT2D eigenvalue weighted by Gasteiger charge is -2.24. The number of benzene rings is 1. The van der Waals surface area contributed by atoms with Gasteiger partial charge in [0.25, 0.3) is 5.91 Å². The summed E-state index contributed by atoms with van der Waals surface area (Å²) >= 11 is 0. The first-order valence-corrected chi connectivity index (χ1v) is 11.8. The average Bonchev–Trinajstić information content (AvgIpc) is 3.31. The van der Waals surface area contributed by atoms with Gasteiger partial charge in [-0.15, -0.1) is 24.0 Å². The van der Waals surface area contributed by atoms with Gasteiger partial charge in [0.2, 0.25) is 0 Å². The Labute approximate surface area is 210 Å². The first-order valence-electron chi connectivity index (χ1n) is 11.8. The monoisotopic (exact) mass is 560 g/mol. The van der Waals surface area contributed by atoms with Crippen LogP contribution >= 0.6 is 24.0 Å². The van der Waals surface area contributed by atoms with Gasteiger partial charge in [-0.2, -0.15) is 0 Å². The molecule has 0 aliphatic heterocycles. The number of rotatable bonds is 13. The summed E-state index contributed by atoms with van der Waals surface area (Å²) in [7, 11) is 0. The number of carbonyl (C=O) groups excluding carboxylic acids is 1. The molecular formula is C24H41IN4O3. The van der Waals surface area contributed by atoms with E-state index in [9.17, 15) is 4.79 Å². The molecule has 2 rings (SSSR count). The van der Waals surface area contributed by atoms with Gasteiger partial charge in [-0.05, 0) is 63.6 Å². The zero-order valence-corrected chi connectivity index (χ0v) is 22.2. The van der Waals surface area contributed by atoms with Gasteiger partial charge in [-0.3, -0.25) is 4.79 Å². The maximum Gasteiger partial charge on any atom is 0.257 e. The summed E-state index contributed by atoms with van der Waals surface area (Å²) in [6.45, 7) is 9.60. The largest absolute Gasteiger partial charge is 0.484 e. The van der Waals surface area contributed by atoms with Crippen molar-refractivity contribution in [2.45, 2.75) is 65.5 Å². The maximum atomic E-state index is 11.6. The van der Waals surface area contributed by atoms with Gasteiger partial charge >= 0.3 is 0 Å². The van der Waals surface area contributed by atoms with Crippen molar-refractivity contribution in [3.05, 3.63) is 29.8 Å². The van der Waals surface area contributed by atoms with Gasteiger partial charge in [0.05, 0.1) is 12.6 Å². The van der Waals surface area contributed by atoms with E-state index >= 15 is 0 Å². The summed E-state index contributed by atoms with van der Waals surface area (Å²) < 4.78 is 11.6. The van der Waals surface area contributed by atoms with E-state index in [0.717, 1.165) is 37.6 Å². The van der Waals surface area contributed by atoms with Crippen LogP contribution in [0.5, 0.6) is 5.75 Å². The molecule has 8 heteroatoms. The van der Waals surface area contributed by atoms with Gasteiger partial charge in [-0.1, -0.05) is 25.0 Å². The molecule has 0 saturated heterocycles. The number of likely N-dealkylation sites (N-methyl/N-ethyl adjacent to an activating group) is 1. The van der Waals surface area contributed by atoms with E-state index in [2.05, 4.69) is 29.8 Å². The molecule has 0 aromatic heterocycles. The van der Waals surface area contributed by atoms with E-state index in [4.69, 9.17) is 14.5 Å². The van der Waals surface area contributed by atoms with Gasteiger partial charge < -0.3 is 25.4 Å². The summed E-state index contributed by atoms with van der Waals surface area (Å²) in [5, 5.41) is 9.48. The minimum atomic E-state index is -0.118. The Balaban J connectivity index is 0.00000512. The minimum Gasteiger partial charge on any atom is -0.484 e. The first-order chi connectivity index (χ1) is 15.2. The Morgan fingerprint density at radius 1 is 1.12 bits per heavy atom. The quantitative estimate of drug-likeness (QED) is 0.194. The Hall–Kier alpha value is -1.55. The number of amides is 1. The smallest absolute Gasteiger partial charge is 0.257 e. The van der Waals surface area contributed by atoms with Crippen LogP contribution in [0.1, 0.15) is 58.4 Å². The molecule has 3 N–H and O–H groups in total. The molecule has 1 aliphatic rings. The Bertz CT molecular complexity index is 681. The number of aliphatic imine (C=N–C) groups is 1. The standard InChI is InChI=1S/C24H40N4O3.HI/c1-4-25-23(29)18-31-21-13-9-10-19(16-21)17-28-24(26-5-2)27-15-14-22(30-6-3)20-11-7-8-12-20;/h9-10,13,16,20,22H,4-8,11-12,14-15,17-18H2,1-3H3,(H,25,29)(H2,26,27,28);1H. The molecule has 1 atom stereocenters. The first kappa shape index (κ1) is 28.5. The topological polar surface area (TPSA) is 84.0 Å². The van der Waals surface area contributed by atoms with Crippen LogP contribution in [0.3, 0.4) is 0 Å². The molecule has 32 heavy (non-hydrogen) atoms. The van der Waals surface area contributed by atoms with Crippen molar-refractivity contribution in [3.8, 4) is 5.75 Å². The van der Waals surface area contributed by atoms with E-state index < -0.39 is 0 Å². The number of ether oxygens (including phenoxy) is 2. The number of guanidine groups is 1. The fourth-order valence-corrected chi connectivity index (χ4v) is 3.97. The van der Waals surface area contributed by atoms with Crippen molar-refractivity contribution in [3.63, 3.8) is 0 Å². The molecule has 1 unspecified atom stereocenters. The third-order valence-corrected chi connectivity index (χ3v) is 5.43. The summed E-state index contributed by atoms with van der Waals surface area (Å²) in [6, 6.07) is 7.72. The van der Waals surface area contributed by atoms with Crippen molar-refractivity contribution in [2.75, 3.05) is 32.8 Å². The van der Waals surface area contributed by atoms with Crippen LogP contribution in [0.4, 0.5) is 0 Å². The molecular weight excluding hydrogens is 519 g/mol. The fraction of sp³-hybridized carbons (Fsp3) is 0.667. The van der Waals surface area contributed by atoms with Crippen molar-refractivity contribution >= 4 is 35.8 Å². The molecule has 1 saturated carbocycles. The highest BCUT2D eigenvalue weighted by atomic mass is 127. The van der Waals surface area contributed by atoms with E-state index in [0.29, 0.717) is 30.9 Å². The van der Waals surface area contributed by atoms with Gasteiger partial charge in [-0.25, -0.2) is 4.99 Å². The molecule has 1 aliphatic carbocycles. The van der Waals surface area contributed by atoms with E-state index in [-0.39, 0.29) is 36.5 Å². The second kappa shape index (κ2) is 17.0. The van der Waals surface area contributed by atoms with Crippen molar-refractivity contribution in [1.82, 2.24) is 16.0 Å². The number of halogens is 1. The lowest BCUT2D eigenvalue weighted by molar-refractivity contribution is -0.122. The number of hydrogen-bond donors (Lipinski definition) is 3. The maximum absolute atomic E-state index is 11.6. The zero-order chi connectivity index (χ0) is 22.3. The predicted molar refractivity (Wildman–Crippen MR) is 141 cm³/mol. The van der Waals surface area contributed by atoms with E-state index in [1.807, 2.05) is 31.2 Å². The summed E-state index contributed by atoms with van der Waals surface area (Å²) in [6.07, 6.45) is 6.57. The molecule has 0 radical (unpaired) electrons. The van der Waals surface area contributed by atoms with Crippen molar-refractivity contribution in [1.29, 1.82) is 0 Å². The third kappa shape index (κ3) is 10.8. The number of hydrogen-bond acceptors (Lipinski definition) is 4. The molecule has 182 valence electrons. The second-order valence-corrected chi connectivity index (χ2v) is 7.84. The van der Waals surface area contributed by atoms with E-state index in [1.54, 1.807) is 0 Å². The van der Waals surface area contributed by atoms with Crippen LogP contribution in [-0.2, 0) is 16.1 Å². The highest BCUT2D eigenvalue weighted by Gasteiger charge is 2.25. The summed E-state index contributed by atoms with van der Waals surface area (Å²) in [4.78, 5) is 16.3. The molecule has 1 aromatic rings. The van der Waals surface area contributed by atoms with Crippen LogP contribution in [0, 0.1) is 5.92 Å². The Morgan fingerprint density at radius 2 is 1.88 bits per heavy atom. The molecule has 1 amide bonds. The summed E-state index contributed by atoms with van der Waals surface area (Å²) in [5.74, 6) is 2.06. The third-order valence-electron chi connectivity index (χ3n) is 5.43. The Kier molecular flexibility index (Phi) is 15.1. The second-order valence-electron chi connectivity index (χ2n) is 7.84. The number of nitrogens with zero attached hydrogens (tertiary/aromatic N) is 1. The van der Waals surface area contributed by atoms with Gasteiger partial charge in [0, 0.05) is 26.2 Å². The Morgan fingerprint density at radius 3 is 2.56 bits per heavy atom. The van der Waals surface area contributed by atoms with Crippen LogP contribution < -0.4 is 20.7 Å². The predicted octanol–water partition coefficient (Wildman–Crippen LogP) is 3.86.